The second-order valence-corrected chi connectivity index (χ2v) is 9.09. The van der Waals surface area contributed by atoms with Gasteiger partial charge in [-0.15, -0.1) is 0 Å². The van der Waals surface area contributed by atoms with Crippen LogP contribution in [0, 0.1) is 11.8 Å². The third-order valence-electron chi connectivity index (χ3n) is 4.61. The molecule has 6 atom stereocenters. The van der Waals surface area contributed by atoms with E-state index in [2.05, 4.69) is 15.9 Å². The molecule has 18 heavy (non-hydrogen) atoms. The van der Waals surface area contributed by atoms with E-state index in [-0.39, 0.29) is 40.0 Å². The lowest BCUT2D eigenvalue weighted by Crippen LogP contribution is -2.43. The number of likely N-dealkylation sites (N-methyl/N-ethyl adjacent to an activating group) is 1. The van der Waals surface area contributed by atoms with Gasteiger partial charge in [0.15, 0.2) is 0 Å². The van der Waals surface area contributed by atoms with Gasteiger partial charge in [0.1, 0.15) is 10.9 Å². The highest BCUT2D eigenvalue weighted by Crippen LogP contribution is 2.56. The van der Waals surface area contributed by atoms with Gasteiger partial charge in [0.05, 0.1) is 11.3 Å². The van der Waals surface area contributed by atoms with E-state index >= 15 is 0 Å². The Labute approximate surface area is 115 Å². The van der Waals surface area contributed by atoms with E-state index in [1.54, 1.807) is 14.0 Å². The number of ether oxygens (including phenoxy) is 1. The Morgan fingerprint density at radius 2 is 2.11 bits per heavy atom. The fourth-order valence-electron chi connectivity index (χ4n) is 3.82. The molecule has 0 spiro atoms. The second-order valence-electron chi connectivity index (χ2n) is 5.50. The van der Waals surface area contributed by atoms with Gasteiger partial charge >= 0.3 is 5.97 Å². The number of esters is 1. The van der Waals surface area contributed by atoms with E-state index in [0.717, 1.165) is 6.42 Å². The van der Waals surface area contributed by atoms with E-state index < -0.39 is 10.0 Å². The molecule has 3 aliphatic rings. The zero-order valence-electron chi connectivity index (χ0n) is 10.2. The number of sulfonamides is 1. The number of carbonyl (C=O) groups is 1. The molecule has 1 aliphatic heterocycles. The summed E-state index contributed by atoms with van der Waals surface area (Å²) in [5, 5.41) is -0.242. The molecule has 3 rings (SSSR count). The maximum Gasteiger partial charge on any atom is 0.319 e. The number of hydrogen-bond donors (Lipinski definition) is 0. The maximum absolute atomic E-state index is 12.2. The minimum absolute atomic E-state index is 0.144. The quantitative estimate of drug-likeness (QED) is 0.550. The van der Waals surface area contributed by atoms with Crippen LogP contribution in [0.15, 0.2) is 0 Å². The monoisotopic (exact) mass is 337 g/mol. The predicted octanol–water partition coefficient (Wildman–Crippen LogP) is 0.734. The zero-order valence-corrected chi connectivity index (χ0v) is 12.6. The molecule has 0 amide bonds. The highest BCUT2D eigenvalue weighted by atomic mass is 79.9. The van der Waals surface area contributed by atoms with Gasteiger partial charge in [0.2, 0.25) is 10.0 Å². The van der Waals surface area contributed by atoms with Crippen molar-refractivity contribution in [1.82, 2.24) is 4.31 Å². The number of nitrogens with zero attached hydrogens (tertiary/aromatic N) is 1. The molecule has 6 unspecified atom stereocenters. The Kier molecular flexibility index (Phi) is 2.81. The van der Waals surface area contributed by atoms with Gasteiger partial charge in [0.25, 0.3) is 0 Å². The minimum Gasteiger partial charge on any atom is -0.460 e. The number of rotatable bonds is 2. The lowest BCUT2D eigenvalue weighted by molar-refractivity contribution is -0.152. The first-order valence-electron chi connectivity index (χ1n) is 6.15. The average molecular weight is 338 g/mol. The van der Waals surface area contributed by atoms with Gasteiger partial charge in [0, 0.05) is 7.05 Å². The predicted molar refractivity (Wildman–Crippen MR) is 68.7 cm³/mol. The molecule has 3 fully saturated rings. The topological polar surface area (TPSA) is 63.7 Å². The van der Waals surface area contributed by atoms with Gasteiger partial charge in [-0.2, -0.15) is 4.31 Å². The van der Waals surface area contributed by atoms with Crippen LogP contribution in [0.2, 0.25) is 0 Å². The summed E-state index contributed by atoms with van der Waals surface area (Å²) in [6.07, 6.45) is 1.25. The van der Waals surface area contributed by atoms with Crippen LogP contribution >= 0.6 is 15.9 Å². The molecule has 5 nitrogen and oxygen atoms in total. The molecule has 1 heterocycles. The molecule has 0 N–H and O–H groups in total. The van der Waals surface area contributed by atoms with E-state index in [0.29, 0.717) is 6.42 Å². The molecule has 7 heteroatoms. The van der Waals surface area contributed by atoms with Gasteiger partial charge in [-0.3, -0.25) is 4.79 Å². The Balaban J connectivity index is 1.87. The van der Waals surface area contributed by atoms with E-state index in [9.17, 15) is 13.2 Å². The molecule has 2 bridgehead atoms. The van der Waals surface area contributed by atoms with Crippen molar-refractivity contribution in [3.8, 4) is 0 Å². The molecule has 0 aromatic rings. The van der Waals surface area contributed by atoms with Crippen molar-refractivity contribution >= 4 is 31.9 Å². The van der Waals surface area contributed by atoms with Crippen LogP contribution in [0.5, 0.6) is 0 Å². The number of carbonyl (C=O) groups excluding carboxylic acids is 1. The first kappa shape index (κ1) is 12.9. The van der Waals surface area contributed by atoms with Crippen molar-refractivity contribution < 1.29 is 17.9 Å². The number of halogens is 1. The van der Waals surface area contributed by atoms with Crippen LogP contribution in [-0.4, -0.2) is 48.0 Å². The molecule has 0 aromatic heterocycles. The van der Waals surface area contributed by atoms with E-state index in [1.807, 2.05) is 0 Å². The first-order valence-corrected chi connectivity index (χ1v) is 8.57. The zero-order chi connectivity index (χ0) is 13.2. The van der Waals surface area contributed by atoms with Gasteiger partial charge < -0.3 is 4.74 Å². The molecule has 102 valence electrons. The van der Waals surface area contributed by atoms with E-state index in [4.69, 9.17) is 4.74 Å². The Morgan fingerprint density at radius 3 is 2.72 bits per heavy atom. The van der Waals surface area contributed by atoms with Gasteiger partial charge in [-0.05, 0) is 31.6 Å². The van der Waals surface area contributed by atoms with Crippen molar-refractivity contribution in [1.29, 1.82) is 0 Å². The van der Waals surface area contributed by atoms with Crippen molar-refractivity contribution in [2.75, 3.05) is 7.05 Å². The first-order chi connectivity index (χ1) is 8.34. The van der Waals surface area contributed by atoms with Crippen molar-refractivity contribution in [3.05, 3.63) is 0 Å². The maximum atomic E-state index is 12.2. The molecular formula is C11H16BrNO4S. The molecule has 2 saturated carbocycles. The lowest BCUT2D eigenvalue weighted by atomic mass is 9.92. The molecule has 2 aliphatic carbocycles. The second kappa shape index (κ2) is 3.93. The third kappa shape index (κ3) is 1.53. The van der Waals surface area contributed by atoms with Gasteiger partial charge in [-0.1, -0.05) is 15.9 Å². The van der Waals surface area contributed by atoms with Crippen LogP contribution in [-0.2, 0) is 19.6 Å². The summed E-state index contributed by atoms with van der Waals surface area (Å²) >= 11 is 3.18. The normalized spacial score (nSPS) is 46.3. The van der Waals surface area contributed by atoms with Crippen LogP contribution in [0.25, 0.3) is 0 Å². The fraction of sp³-hybridized carbons (Fsp3) is 0.909. The number of alkyl halides is 1. The fourth-order valence-corrected chi connectivity index (χ4v) is 6.17. The third-order valence-corrected chi connectivity index (χ3v) is 7.34. The van der Waals surface area contributed by atoms with Crippen LogP contribution in [0.1, 0.15) is 19.8 Å². The summed E-state index contributed by atoms with van der Waals surface area (Å²) in [6.45, 7) is 1.72. The SMILES string of the molecule is CC(Br)C(=O)OC1C2CC3C1N(C)S(=O)(=O)C3C2. The highest BCUT2D eigenvalue weighted by Gasteiger charge is 2.66. The smallest absolute Gasteiger partial charge is 0.319 e. The largest absolute Gasteiger partial charge is 0.460 e. The Morgan fingerprint density at radius 1 is 1.44 bits per heavy atom. The summed E-state index contributed by atoms with van der Waals surface area (Å²) in [6, 6.07) is -0.144. The summed E-state index contributed by atoms with van der Waals surface area (Å²) in [7, 11) is -1.56. The van der Waals surface area contributed by atoms with Crippen LogP contribution < -0.4 is 0 Å². The number of hydrogen-bond acceptors (Lipinski definition) is 4. The average Bonchev–Trinajstić information content (AvgIpc) is 2.88. The standard InChI is InChI=1S/C11H16BrNO4S/c1-5(12)11(14)17-10-6-3-7-8(4-6)18(15,16)13(2)9(7)10/h5-10H,3-4H2,1-2H3. The Hall–Kier alpha value is -0.140. The molecular weight excluding hydrogens is 322 g/mol. The van der Waals surface area contributed by atoms with Crippen molar-refractivity contribution in [2.24, 2.45) is 11.8 Å². The molecule has 1 saturated heterocycles. The summed E-state index contributed by atoms with van der Waals surface area (Å²) in [4.78, 5) is 11.3. The summed E-state index contributed by atoms with van der Waals surface area (Å²) in [5.41, 5.74) is 0. The van der Waals surface area contributed by atoms with Crippen molar-refractivity contribution in [2.45, 2.75) is 42.0 Å². The molecule has 0 aromatic carbocycles. The minimum atomic E-state index is -3.17. The Bertz CT molecular complexity index is 491. The summed E-state index contributed by atoms with van der Waals surface area (Å²) < 4.78 is 31.3. The van der Waals surface area contributed by atoms with Crippen LogP contribution in [0.3, 0.4) is 0 Å². The summed E-state index contributed by atoms with van der Waals surface area (Å²) in [5.74, 6) is 0.0511. The van der Waals surface area contributed by atoms with E-state index in [1.165, 1.54) is 4.31 Å². The van der Waals surface area contributed by atoms with Crippen molar-refractivity contribution in [3.63, 3.8) is 0 Å². The molecule has 0 radical (unpaired) electrons. The van der Waals surface area contributed by atoms with Gasteiger partial charge in [-0.25, -0.2) is 8.42 Å². The number of fused-ring (bicyclic) bond motifs is 1. The van der Waals surface area contributed by atoms with Crippen LogP contribution in [0.4, 0.5) is 0 Å². The highest BCUT2D eigenvalue weighted by molar-refractivity contribution is 9.10. The lowest BCUT2D eigenvalue weighted by Gasteiger charge is -2.28.